The van der Waals surface area contributed by atoms with E-state index in [1.54, 1.807) is 30.4 Å². The number of nitrogens with one attached hydrogen (secondary N) is 1. The molecule has 2 rings (SSSR count). The summed E-state index contributed by atoms with van der Waals surface area (Å²) in [6.07, 6.45) is 0. The molecule has 4 nitrogen and oxygen atoms in total. The molecule has 0 amide bonds. The van der Waals surface area contributed by atoms with Crippen LogP contribution in [-0.4, -0.2) is 4.92 Å². The molecule has 0 spiro atoms. The first kappa shape index (κ1) is 15.5. The number of benzene rings is 1. The number of nitrogens with zero attached hydrogens (tertiary/aromatic N) is 1. The van der Waals surface area contributed by atoms with Gasteiger partial charge in [0, 0.05) is 21.0 Å². The zero-order valence-electron chi connectivity index (χ0n) is 10.8. The van der Waals surface area contributed by atoms with Crippen LogP contribution in [0.4, 0.5) is 11.4 Å². The number of hydrogen-bond acceptors (Lipinski definition) is 4. The van der Waals surface area contributed by atoms with Crippen LogP contribution < -0.4 is 5.32 Å². The monoisotopic (exact) mass is 418 g/mol. The Morgan fingerprint density at radius 1 is 1.35 bits per heavy atom. The Bertz CT molecular complexity index is 658. The van der Waals surface area contributed by atoms with Crippen LogP contribution in [0, 0.1) is 17.0 Å². The van der Waals surface area contributed by atoms with Crippen LogP contribution in [0.15, 0.2) is 32.5 Å². The standard InChI is InChI=1S/C13H12Br2N2O2S/c1-7-5-9(14)10(6-11(7)17(18)19)16-8(2)12-3-4-13(15)20-12/h3-6,8,16H,1-2H3. The van der Waals surface area contributed by atoms with Crippen LogP contribution in [0.1, 0.15) is 23.4 Å². The number of thiophene rings is 1. The van der Waals surface area contributed by atoms with Crippen molar-refractivity contribution in [2.24, 2.45) is 0 Å². The first-order valence-electron chi connectivity index (χ1n) is 5.85. The molecule has 106 valence electrons. The van der Waals surface area contributed by atoms with Gasteiger partial charge in [-0.15, -0.1) is 11.3 Å². The Hall–Kier alpha value is -0.920. The largest absolute Gasteiger partial charge is 0.377 e. The van der Waals surface area contributed by atoms with E-state index in [0.717, 1.165) is 18.8 Å². The second-order valence-corrected chi connectivity index (χ2v) is 7.73. The molecular weight excluding hydrogens is 408 g/mol. The molecular formula is C13H12Br2N2O2S. The van der Waals surface area contributed by atoms with E-state index in [4.69, 9.17) is 0 Å². The third kappa shape index (κ3) is 3.39. The summed E-state index contributed by atoms with van der Waals surface area (Å²) < 4.78 is 1.89. The summed E-state index contributed by atoms with van der Waals surface area (Å²) in [5, 5.41) is 14.3. The number of hydrogen-bond donors (Lipinski definition) is 1. The maximum absolute atomic E-state index is 11.0. The van der Waals surface area contributed by atoms with E-state index in [-0.39, 0.29) is 16.7 Å². The zero-order valence-corrected chi connectivity index (χ0v) is 14.8. The minimum atomic E-state index is -0.362. The van der Waals surface area contributed by atoms with Crippen molar-refractivity contribution in [1.82, 2.24) is 0 Å². The van der Waals surface area contributed by atoms with E-state index < -0.39 is 0 Å². The molecule has 20 heavy (non-hydrogen) atoms. The van der Waals surface area contributed by atoms with Crippen LogP contribution in [-0.2, 0) is 0 Å². The molecule has 0 radical (unpaired) electrons. The minimum Gasteiger partial charge on any atom is -0.377 e. The lowest BCUT2D eigenvalue weighted by Gasteiger charge is -2.15. The molecule has 0 aliphatic carbocycles. The fraction of sp³-hybridized carbons (Fsp3) is 0.231. The Morgan fingerprint density at radius 3 is 2.60 bits per heavy atom. The smallest absolute Gasteiger partial charge is 0.274 e. The molecule has 1 aromatic heterocycles. The number of rotatable bonds is 4. The zero-order chi connectivity index (χ0) is 14.9. The van der Waals surface area contributed by atoms with Gasteiger partial charge in [-0.3, -0.25) is 10.1 Å². The molecule has 0 fully saturated rings. The average molecular weight is 420 g/mol. The Morgan fingerprint density at radius 2 is 2.05 bits per heavy atom. The Labute approximate surface area is 137 Å². The molecule has 0 saturated carbocycles. The van der Waals surface area contributed by atoms with Crippen LogP contribution >= 0.6 is 43.2 Å². The lowest BCUT2D eigenvalue weighted by Crippen LogP contribution is -2.06. The Balaban J connectivity index is 2.29. The van der Waals surface area contributed by atoms with E-state index in [1.807, 2.05) is 19.1 Å². The molecule has 0 saturated heterocycles. The van der Waals surface area contributed by atoms with Gasteiger partial charge in [0.2, 0.25) is 0 Å². The second-order valence-electron chi connectivity index (χ2n) is 4.38. The van der Waals surface area contributed by atoms with Gasteiger partial charge in [-0.25, -0.2) is 0 Å². The predicted octanol–water partition coefficient (Wildman–Crippen LogP) is 5.66. The van der Waals surface area contributed by atoms with E-state index in [9.17, 15) is 10.1 Å². The van der Waals surface area contributed by atoms with Crippen molar-refractivity contribution in [2.45, 2.75) is 19.9 Å². The maximum atomic E-state index is 11.0. The topological polar surface area (TPSA) is 55.2 Å². The van der Waals surface area contributed by atoms with Gasteiger partial charge in [0.25, 0.3) is 5.69 Å². The van der Waals surface area contributed by atoms with Gasteiger partial charge in [-0.2, -0.15) is 0 Å². The van der Waals surface area contributed by atoms with E-state index in [0.29, 0.717) is 5.56 Å². The molecule has 2 aromatic rings. The Kier molecular flexibility index (Phi) is 4.82. The molecule has 7 heteroatoms. The van der Waals surface area contributed by atoms with Crippen molar-refractivity contribution >= 4 is 54.6 Å². The summed E-state index contributed by atoms with van der Waals surface area (Å²) >= 11 is 8.52. The normalized spacial score (nSPS) is 12.2. The number of anilines is 1. The lowest BCUT2D eigenvalue weighted by atomic mass is 10.1. The molecule has 1 N–H and O–H groups in total. The highest BCUT2D eigenvalue weighted by molar-refractivity contribution is 9.11. The second kappa shape index (κ2) is 6.24. The van der Waals surface area contributed by atoms with Crippen molar-refractivity contribution in [3.8, 4) is 0 Å². The molecule has 1 aromatic carbocycles. The van der Waals surface area contributed by atoms with Gasteiger partial charge >= 0.3 is 0 Å². The minimum absolute atomic E-state index is 0.0740. The van der Waals surface area contributed by atoms with E-state index >= 15 is 0 Å². The molecule has 1 atom stereocenters. The fourth-order valence-corrected chi connectivity index (χ4v) is 3.83. The van der Waals surface area contributed by atoms with Crippen molar-refractivity contribution in [1.29, 1.82) is 0 Å². The van der Waals surface area contributed by atoms with Crippen molar-refractivity contribution < 1.29 is 4.92 Å². The van der Waals surface area contributed by atoms with Crippen molar-refractivity contribution in [3.63, 3.8) is 0 Å². The molecule has 0 aliphatic rings. The first-order chi connectivity index (χ1) is 9.38. The highest BCUT2D eigenvalue weighted by Crippen LogP contribution is 2.34. The summed E-state index contributed by atoms with van der Waals surface area (Å²) in [7, 11) is 0. The van der Waals surface area contributed by atoms with Crippen LogP contribution in [0.5, 0.6) is 0 Å². The predicted molar refractivity (Wildman–Crippen MR) is 89.6 cm³/mol. The van der Waals surface area contributed by atoms with Gasteiger partial charge in [0.05, 0.1) is 20.4 Å². The highest BCUT2D eigenvalue weighted by atomic mass is 79.9. The van der Waals surface area contributed by atoms with Gasteiger partial charge in [-0.1, -0.05) is 0 Å². The summed E-state index contributed by atoms with van der Waals surface area (Å²) in [5.41, 5.74) is 1.48. The van der Waals surface area contributed by atoms with Crippen LogP contribution in [0.3, 0.4) is 0 Å². The third-order valence-corrected chi connectivity index (χ3v) is 5.34. The lowest BCUT2D eigenvalue weighted by molar-refractivity contribution is -0.385. The van der Waals surface area contributed by atoms with E-state index in [1.165, 1.54) is 0 Å². The van der Waals surface area contributed by atoms with Crippen LogP contribution in [0.2, 0.25) is 0 Å². The molecule has 1 unspecified atom stereocenters. The van der Waals surface area contributed by atoms with Gasteiger partial charge in [0.15, 0.2) is 0 Å². The SMILES string of the molecule is Cc1cc(Br)c(NC(C)c2ccc(Br)s2)cc1[N+](=O)[O-]. The van der Waals surface area contributed by atoms with E-state index in [2.05, 4.69) is 37.2 Å². The van der Waals surface area contributed by atoms with Crippen molar-refractivity contribution in [3.05, 3.63) is 53.1 Å². The fourth-order valence-electron chi connectivity index (χ4n) is 1.83. The van der Waals surface area contributed by atoms with Gasteiger partial charge in [-0.05, 0) is 63.9 Å². The summed E-state index contributed by atoms with van der Waals surface area (Å²) in [4.78, 5) is 11.8. The number of halogens is 2. The summed E-state index contributed by atoms with van der Waals surface area (Å²) in [6, 6.07) is 7.43. The molecule has 1 heterocycles. The van der Waals surface area contributed by atoms with Gasteiger partial charge in [0.1, 0.15) is 0 Å². The quantitative estimate of drug-likeness (QED) is 0.513. The highest BCUT2D eigenvalue weighted by Gasteiger charge is 2.16. The molecule has 0 aliphatic heterocycles. The van der Waals surface area contributed by atoms with Gasteiger partial charge < -0.3 is 5.32 Å². The summed E-state index contributed by atoms with van der Waals surface area (Å²) in [5.74, 6) is 0. The first-order valence-corrected chi connectivity index (χ1v) is 8.25. The average Bonchev–Trinajstić information content (AvgIpc) is 2.79. The van der Waals surface area contributed by atoms with Crippen molar-refractivity contribution in [2.75, 3.05) is 5.32 Å². The number of nitro benzene ring substituents is 1. The van der Waals surface area contributed by atoms with Crippen LogP contribution in [0.25, 0.3) is 0 Å². The molecule has 0 bridgehead atoms. The maximum Gasteiger partial charge on any atom is 0.274 e. The third-order valence-electron chi connectivity index (χ3n) is 2.88. The number of nitro groups is 1. The number of aryl methyl sites for hydroxylation is 1. The summed E-state index contributed by atoms with van der Waals surface area (Å²) in [6.45, 7) is 3.75.